The highest BCUT2D eigenvalue weighted by molar-refractivity contribution is 8.13. The van der Waals surface area contributed by atoms with Gasteiger partial charge in [0.05, 0.1) is 4.90 Å². The maximum absolute atomic E-state index is 11.1. The predicted octanol–water partition coefficient (Wildman–Crippen LogP) is 1.17. The fraction of sp³-hybridized carbons (Fsp3) is 0.222. The SMILES string of the molecule is O=C(O)C1COc2ccc(S(=O)(=O)Cl)cc21. The zero-order chi connectivity index (χ0) is 11.9. The van der Waals surface area contributed by atoms with Crippen molar-refractivity contribution in [1.82, 2.24) is 0 Å². The van der Waals surface area contributed by atoms with Crippen LogP contribution in [0.1, 0.15) is 11.5 Å². The van der Waals surface area contributed by atoms with Gasteiger partial charge in [-0.2, -0.15) is 0 Å². The number of carboxylic acids is 1. The minimum Gasteiger partial charge on any atom is -0.492 e. The minimum atomic E-state index is -3.85. The Kier molecular flexibility index (Phi) is 2.55. The second kappa shape index (κ2) is 3.64. The molecule has 0 bridgehead atoms. The van der Waals surface area contributed by atoms with Gasteiger partial charge in [0.2, 0.25) is 0 Å². The maximum atomic E-state index is 11.1. The number of aliphatic carboxylic acids is 1. The Labute approximate surface area is 96.0 Å². The van der Waals surface area contributed by atoms with Crippen LogP contribution in [-0.4, -0.2) is 26.1 Å². The highest BCUT2D eigenvalue weighted by Gasteiger charge is 2.31. The number of fused-ring (bicyclic) bond motifs is 1. The van der Waals surface area contributed by atoms with Gasteiger partial charge < -0.3 is 9.84 Å². The van der Waals surface area contributed by atoms with Crippen molar-refractivity contribution in [3.8, 4) is 5.75 Å². The normalized spacial score (nSPS) is 18.9. The molecule has 1 aliphatic rings. The van der Waals surface area contributed by atoms with Gasteiger partial charge in [0, 0.05) is 16.2 Å². The number of benzene rings is 1. The zero-order valence-electron chi connectivity index (χ0n) is 7.88. The van der Waals surface area contributed by atoms with Crippen LogP contribution in [0.4, 0.5) is 0 Å². The zero-order valence-corrected chi connectivity index (χ0v) is 9.46. The molecule has 0 radical (unpaired) electrons. The number of hydrogen-bond acceptors (Lipinski definition) is 4. The van der Waals surface area contributed by atoms with Crippen LogP contribution in [-0.2, 0) is 13.8 Å². The van der Waals surface area contributed by atoms with E-state index in [-0.39, 0.29) is 11.5 Å². The van der Waals surface area contributed by atoms with Crippen LogP contribution in [0.5, 0.6) is 5.75 Å². The molecule has 0 amide bonds. The molecule has 1 aromatic carbocycles. The standard InChI is InChI=1S/C9H7ClO5S/c10-16(13,14)5-1-2-8-6(3-5)7(4-15-8)9(11)12/h1-3,7H,4H2,(H,11,12). The van der Waals surface area contributed by atoms with Crippen LogP contribution < -0.4 is 4.74 Å². The molecule has 5 nitrogen and oxygen atoms in total. The fourth-order valence-corrected chi connectivity index (χ4v) is 2.34. The predicted molar refractivity (Wildman–Crippen MR) is 55.4 cm³/mol. The lowest BCUT2D eigenvalue weighted by Crippen LogP contribution is -2.12. The lowest BCUT2D eigenvalue weighted by molar-refractivity contribution is -0.138. The first-order valence-corrected chi connectivity index (χ1v) is 6.65. The number of rotatable bonds is 2. The third-order valence-corrected chi connectivity index (χ3v) is 3.69. The summed E-state index contributed by atoms with van der Waals surface area (Å²) in [7, 11) is 1.32. The van der Waals surface area contributed by atoms with Crippen LogP contribution in [0.3, 0.4) is 0 Å². The minimum absolute atomic E-state index is 0.0104. The molecular formula is C9H7ClO5S. The molecule has 0 aliphatic carbocycles. The maximum Gasteiger partial charge on any atom is 0.314 e. The van der Waals surface area contributed by atoms with Crippen molar-refractivity contribution in [1.29, 1.82) is 0 Å². The van der Waals surface area contributed by atoms with E-state index in [0.717, 1.165) is 0 Å². The Balaban J connectivity index is 2.54. The Morgan fingerprint density at radius 3 is 2.75 bits per heavy atom. The van der Waals surface area contributed by atoms with Gasteiger partial charge in [-0.05, 0) is 18.2 Å². The highest BCUT2D eigenvalue weighted by atomic mass is 35.7. The van der Waals surface area contributed by atoms with Crippen molar-refractivity contribution < 1.29 is 23.1 Å². The van der Waals surface area contributed by atoms with E-state index in [1.165, 1.54) is 18.2 Å². The van der Waals surface area contributed by atoms with Crippen molar-refractivity contribution in [2.75, 3.05) is 6.61 Å². The van der Waals surface area contributed by atoms with E-state index >= 15 is 0 Å². The van der Waals surface area contributed by atoms with Gasteiger partial charge >= 0.3 is 5.97 Å². The third-order valence-electron chi connectivity index (χ3n) is 2.34. The van der Waals surface area contributed by atoms with Gasteiger partial charge in [0.25, 0.3) is 9.05 Å². The van der Waals surface area contributed by atoms with Gasteiger partial charge in [0.15, 0.2) is 0 Å². The summed E-state index contributed by atoms with van der Waals surface area (Å²) in [6.07, 6.45) is 0. The molecule has 0 saturated carbocycles. The number of carbonyl (C=O) groups is 1. The van der Waals surface area contributed by atoms with E-state index in [2.05, 4.69) is 0 Å². The van der Waals surface area contributed by atoms with Crippen LogP contribution in [0, 0.1) is 0 Å². The number of hydrogen-bond donors (Lipinski definition) is 1. The molecular weight excluding hydrogens is 256 g/mol. The van der Waals surface area contributed by atoms with Gasteiger partial charge in [0.1, 0.15) is 18.3 Å². The van der Waals surface area contributed by atoms with Gasteiger partial charge in [-0.1, -0.05) is 0 Å². The van der Waals surface area contributed by atoms with Crippen molar-refractivity contribution in [3.63, 3.8) is 0 Å². The molecule has 16 heavy (non-hydrogen) atoms. The Bertz CT molecular complexity index is 551. The highest BCUT2D eigenvalue weighted by Crippen LogP contribution is 2.36. The van der Waals surface area contributed by atoms with E-state index in [4.69, 9.17) is 20.5 Å². The van der Waals surface area contributed by atoms with E-state index in [9.17, 15) is 13.2 Å². The van der Waals surface area contributed by atoms with Crippen molar-refractivity contribution >= 4 is 25.7 Å². The summed E-state index contributed by atoms with van der Waals surface area (Å²) in [5, 5.41) is 8.89. The molecule has 2 rings (SSSR count). The number of carboxylic acid groups (broad SMARTS) is 1. The molecule has 7 heteroatoms. The van der Waals surface area contributed by atoms with Crippen LogP contribution in [0.15, 0.2) is 23.1 Å². The average Bonchev–Trinajstić information content (AvgIpc) is 2.58. The quantitative estimate of drug-likeness (QED) is 0.810. The van der Waals surface area contributed by atoms with E-state index in [0.29, 0.717) is 11.3 Å². The first-order valence-electron chi connectivity index (χ1n) is 4.34. The Hall–Kier alpha value is -1.27. The summed E-state index contributed by atoms with van der Waals surface area (Å²) in [6.45, 7) is 0.0104. The number of ether oxygens (including phenoxy) is 1. The molecule has 0 spiro atoms. The molecule has 1 aromatic rings. The van der Waals surface area contributed by atoms with E-state index < -0.39 is 20.9 Å². The molecule has 0 saturated heterocycles. The fourth-order valence-electron chi connectivity index (χ4n) is 1.55. The van der Waals surface area contributed by atoms with E-state index in [1.807, 2.05) is 0 Å². The lowest BCUT2D eigenvalue weighted by Gasteiger charge is -2.03. The molecule has 0 aromatic heterocycles. The molecule has 1 aliphatic heterocycles. The second-order valence-corrected chi connectivity index (χ2v) is 5.91. The summed E-state index contributed by atoms with van der Waals surface area (Å²) in [5.41, 5.74) is 0.342. The summed E-state index contributed by atoms with van der Waals surface area (Å²) in [6, 6.07) is 3.93. The van der Waals surface area contributed by atoms with Gasteiger partial charge in [-0.3, -0.25) is 4.79 Å². The third kappa shape index (κ3) is 1.85. The summed E-state index contributed by atoms with van der Waals surface area (Å²) in [4.78, 5) is 10.7. The summed E-state index contributed by atoms with van der Waals surface area (Å²) in [5.74, 6) is -1.51. The van der Waals surface area contributed by atoms with Crippen LogP contribution >= 0.6 is 10.7 Å². The van der Waals surface area contributed by atoms with Gasteiger partial charge in [-0.15, -0.1) is 0 Å². The molecule has 1 unspecified atom stereocenters. The molecule has 1 heterocycles. The largest absolute Gasteiger partial charge is 0.492 e. The molecule has 1 atom stereocenters. The smallest absolute Gasteiger partial charge is 0.314 e. The first-order chi connectivity index (χ1) is 7.39. The van der Waals surface area contributed by atoms with Crippen molar-refractivity contribution in [3.05, 3.63) is 23.8 Å². The van der Waals surface area contributed by atoms with Crippen molar-refractivity contribution in [2.24, 2.45) is 0 Å². The lowest BCUT2D eigenvalue weighted by atomic mass is 10.0. The van der Waals surface area contributed by atoms with Crippen molar-refractivity contribution in [2.45, 2.75) is 10.8 Å². The molecule has 0 fully saturated rings. The Morgan fingerprint density at radius 1 is 1.50 bits per heavy atom. The summed E-state index contributed by atoms with van der Waals surface area (Å²) >= 11 is 0. The number of halogens is 1. The van der Waals surface area contributed by atoms with Crippen LogP contribution in [0.2, 0.25) is 0 Å². The summed E-state index contributed by atoms with van der Waals surface area (Å²) < 4.78 is 27.3. The molecule has 1 N–H and O–H groups in total. The monoisotopic (exact) mass is 262 g/mol. The second-order valence-electron chi connectivity index (χ2n) is 3.34. The topological polar surface area (TPSA) is 80.7 Å². The Morgan fingerprint density at radius 2 is 2.19 bits per heavy atom. The van der Waals surface area contributed by atoms with Crippen LogP contribution in [0.25, 0.3) is 0 Å². The average molecular weight is 263 g/mol. The molecule has 86 valence electrons. The van der Waals surface area contributed by atoms with E-state index in [1.54, 1.807) is 0 Å². The first kappa shape index (κ1) is 11.2. The van der Waals surface area contributed by atoms with Gasteiger partial charge in [-0.25, -0.2) is 8.42 Å².